The van der Waals surface area contributed by atoms with Crippen molar-refractivity contribution in [1.29, 1.82) is 0 Å². The van der Waals surface area contributed by atoms with E-state index < -0.39 is 0 Å². The molecule has 1 aromatic heterocycles. The van der Waals surface area contributed by atoms with E-state index in [9.17, 15) is 4.79 Å². The highest BCUT2D eigenvalue weighted by Crippen LogP contribution is 2.27. The van der Waals surface area contributed by atoms with Gasteiger partial charge in [-0.25, -0.2) is 4.98 Å². The second kappa shape index (κ2) is 6.85. The molecule has 0 aliphatic heterocycles. The van der Waals surface area contributed by atoms with Crippen LogP contribution in [-0.4, -0.2) is 10.9 Å². The fraction of sp³-hybridized carbons (Fsp3) is 0.412. The van der Waals surface area contributed by atoms with Gasteiger partial charge in [-0.1, -0.05) is 30.3 Å². The van der Waals surface area contributed by atoms with E-state index >= 15 is 0 Å². The molecule has 0 radical (unpaired) electrons. The Labute approximate surface area is 129 Å². The Balaban J connectivity index is 1.46. The third kappa shape index (κ3) is 3.91. The van der Waals surface area contributed by atoms with Gasteiger partial charge in [-0.15, -0.1) is 11.3 Å². The lowest BCUT2D eigenvalue weighted by Crippen LogP contribution is -2.22. The first-order chi connectivity index (χ1) is 10.3. The highest BCUT2D eigenvalue weighted by molar-refractivity contribution is 7.11. The Morgan fingerprint density at radius 1 is 1.19 bits per heavy atom. The number of aryl methyl sites for hydroxylation is 3. The van der Waals surface area contributed by atoms with Crippen molar-refractivity contribution in [3.8, 4) is 0 Å². The van der Waals surface area contributed by atoms with Crippen LogP contribution in [0.1, 0.15) is 40.4 Å². The van der Waals surface area contributed by atoms with E-state index in [-0.39, 0.29) is 5.91 Å². The Hall–Kier alpha value is -1.68. The zero-order valence-electron chi connectivity index (χ0n) is 12.1. The first-order valence-corrected chi connectivity index (χ1v) is 8.41. The lowest BCUT2D eigenvalue weighted by molar-refractivity contribution is -0.121. The van der Waals surface area contributed by atoms with Gasteiger partial charge in [-0.2, -0.15) is 0 Å². The molecule has 3 rings (SSSR count). The molecule has 0 unspecified atom stereocenters. The van der Waals surface area contributed by atoms with Crippen LogP contribution in [-0.2, 0) is 30.6 Å². The summed E-state index contributed by atoms with van der Waals surface area (Å²) >= 11 is 1.80. The molecule has 1 N–H and O–H groups in total. The quantitative estimate of drug-likeness (QED) is 0.921. The van der Waals surface area contributed by atoms with Gasteiger partial charge in [0.2, 0.25) is 5.91 Å². The van der Waals surface area contributed by atoms with E-state index in [1.165, 1.54) is 29.8 Å². The summed E-state index contributed by atoms with van der Waals surface area (Å²) in [5.41, 5.74) is 2.42. The summed E-state index contributed by atoms with van der Waals surface area (Å²) < 4.78 is 0. The normalized spacial score (nSPS) is 13.7. The first-order valence-electron chi connectivity index (χ1n) is 7.59. The molecular formula is C17H20N2OS. The second-order valence-corrected chi connectivity index (χ2v) is 6.62. The summed E-state index contributed by atoms with van der Waals surface area (Å²) in [5.74, 6) is 0.104. The van der Waals surface area contributed by atoms with Gasteiger partial charge in [0.15, 0.2) is 0 Å². The van der Waals surface area contributed by atoms with Crippen molar-refractivity contribution in [1.82, 2.24) is 10.3 Å². The molecule has 0 spiro atoms. The van der Waals surface area contributed by atoms with Crippen molar-refractivity contribution in [2.75, 3.05) is 0 Å². The van der Waals surface area contributed by atoms with Crippen molar-refractivity contribution in [3.05, 3.63) is 51.5 Å². The van der Waals surface area contributed by atoms with Crippen LogP contribution in [0.4, 0.5) is 0 Å². The maximum atomic E-state index is 11.9. The van der Waals surface area contributed by atoms with Crippen LogP contribution in [0.5, 0.6) is 0 Å². The monoisotopic (exact) mass is 300 g/mol. The van der Waals surface area contributed by atoms with Crippen molar-refractivity contribution in [2.45, 2.75) is 45.1 Å². The second-order valence-electron chi connectivity index (χ2n) is 5.45. The lowest BCUT2D eigenvalue weighted by Gasteiger charge is -2.06. The van der Waals surface area contributed by atoms with Crippen LogP contribution in [0.2, 0.25) is 0 Å². The van der Waals surface area contributed by atoms with Crippen molar-refractivity contribution in [3.63, 3.8) is 0 Å². The predicted octanol–water partition coefficient (Wildman–Crippen LogP) is 3.27. The molecule has 1 heterocycles. The number of nitrogens with zero attached hydrogens (tertiary/aromatic N) is 1. The number of hydrogen-bond donors (Lipinski definition) is 1. The minimum Gasteiger partial charge on any atom is -0.352 e. The summed E-state index contributed by atoms with van der Waals surface area (Å²) in [6, 6.07) is 10.0. The van der Waals surface area contributed by atoms with E-state index in [4.69, 9.17) is 0 Å². The SMILES string of the molecule is O=C(CCc1nc2c(s1)CCCC2)NCc1ccccc1. The van der Waals surface area contributed by atoms with Gasteiger partial charge in [-0.3, -0.25) is 4.79 Å². The highest BCUT2D eigenvalue weighted by Gasteiger charge is 2.15. The molecule has 21 heavy (non-hydrogen) atoms. The van der Waals surface area contributed by atoms with Crippen LogP contribution in [0.3, 0.4) is 0 Å². The molecule has 1 amide bonds. The summed E-state index contributed by atoms with van der Waals surface area (Å²) in [6.45, 7) is 0.605. The fourth-order valence-electron chi connectivity index (χ4n) is 2.62. The zero-order valence-corrected chi connectivity index (χ0v) is 12.9. The maximum Gasteiger partial charge on any atom is 0.220 e. The van der Waals surface area contributed by atoms with E-state index in [2.05, 4.69) is 10.3 Å². The van der Waals surface area contributed by atoms with Gasteiger partial charge in [0, 0.05) is 24.3 Å². The fourth-order valence-corrected chi connectivity index (χ4v) is 3.77. The highest BCUT2D eigenvalue weighted by atomic mass is 32.1. The molecule has 0 saturated carbocycles. The van der Waals surface area contributed by atoms with Gasteiger partial charge in [-0.05, 0) is 31.2 Å². The predicted molar refractivity (Wildman–Crippen MR) is 85.4 cm³/mol. The van der Waals surface area contributed by atoms with Crippen molar-refractivity contribution in [2.24, 2.45) is 0 Å². The third-order valence-electron chi connectivity index (χ3n) is 3.79. The molecule has 0 saturated heterocycles. The first kappa shape index (κ1) is 14.3. The summed E-state index contributed by atoms with van der Waals surface area (Å²) in [4.78, 5) is 18.0. The van der Waals surface area contributed by atoms with E-state index in [1.807, 2.05) is 30.3 Å². The Morgan fingerprint density at radius 2 is 2.00 bits per heavy atom. The Morgan fingerprint density at radius 3 is 2.81 bits per heavy atom. The number of nitrogens with one attached hydrogen (secondary N) is 1. The van der Waals surface area contributed by atoms with Crippen LogP contribution >= 0.6 is 11.3 Å². The largest absolute Gasteiger partial charge is 0.352 e. The van der Waals surface area contributed by atoms with Crippen LogP contribution in [0, 0.1) is 0 Å². The van der Waals surface area contributed by atoms with E-state index in [0.717, 1.165) is 23.4 Å². The van der Waals surface area contributed by atoms with Crippen molar-refractivity contribution >= 4 is 17.2 Å². The molecule has 3 nitrogen and oxygen atoms in total. The number of hydrogen-bond acceptors (Lipinski definition) is 3. The molecular weight excluding hydrogens is 280 g/mol. The molecule has 1 aliphatic rings. The number of aromatic nitrogens is 1. The van der Waals surface area contributed by atoms with E-state index in [1.54, 1.807) is 11.3 Å². The lowest BCUT2D eigenvalue weighted by atomic mass is 10.0. The molecule has 1 aliphatic carbocycles. The van der Waals surface area contributed by atoms with Crippen LogP contribution in [0.25, 0.3) is 0 Å². The molecule has 110 valence electrons. The number of benzene rings is 1. The molecule has 0 atom stereocenters. The molecule has 1 aromatic carbocycles. The topological polar surface area (TPSA) is 42.0 Å². The summed E-state index contributed by atoms with van der Waals surface area (Å²) in [7, 11) is 0. The standard InChI is InChI=1S/C17H20N2OS/c20-16(18-12-13-6-2-1-3-7-13)10-11-17-19-14-8-4-5-9-15(14)21-17/h1-3,6-7H,4-5,8-12H2,(H,18,20). The number of amides is 1. The molecule has 2 aromatic rings. The van der Waals surface area contributed by atoms with Gasteiger partial charge >= 0.3 is 0 Å². The number of rotatable bonds is 5. The van der Waals surface area contributed by atoms with Gasteiger partial charge in [0.05, 0.1) is 10.7 Å². The summed E-state index contributed by atoms with van der Waals surface area (Å²) in [6.07, 6.45) is 6.12. The van der Waals surface area contributed by atoms with Gasteiger partial charge in [0.1, 0.15) is 0 Å². The minimum atomic E-state index is 0.104. The minimum absolute atomic E-state index is 0.104. The van der Waals surface area contributed by atoms with E-state index in [0.29, 0.717) is 13.0 Å². The maximum absolute atomic E-state index is 11.9. The molecule has 4 heteroatoms. The number of carbonyl (C=O) groups is 1. The average Bonchev–Trinajstić information content (AvgIpc) is 2.95. The van der Waals surface area contributed by atoms with Crippen molar-refractivity contribution < 1.29 is 4.79 Å². The van der Waals surface area contributed by atoms with Gasteiger partial charge in [0.25, 0.3) is 0 Å². The Kier molecular flexibility index (Phi) is 4.65. The average molecular weight is 300 g/mol. The van der Waals surface area contributed by atoms with Crippen LogP contribution in [0.15, 0.2) is 30.3 Å². The van der Waals surface area contributed by atoms with Crippen LogP contribution < -0.4 is 5.32 Å². The molecule has 0 bridgehead atoms. The number of thiazole rings is 1. The smallest absolute Gasteiger partial charge is 0.220 e. The number of fused-ring (bicyclic) bond motifs is 1. The summed E-state index contributed by atoms with van der Waals surface area (Å²) in [5, 5.41) is 4.09. The molecule has 0 fully saturated rings. The van der Waals surface area contributed by atoms with Gasteiger partial charge < -0.3 is 5.32 Å². The Bertz CT molecular complexity index is 583. The third-order valence-corrected chi connectivity index (χ3v) is 5.01. The number of carbonyl (C=O) groups excluding carboxylic acids is 1. The zero-order chi connectivity index (χ0) is 14.5.